The van der Waals surface area contributed by atoms with Crippen LogP contribution >= 0.6 is 11.8 Å². The Labute approximate surface area is 148 Å². The normalized spacial score (nSPS) is 10.4. The molecule has 0 heterocycles. The highest BCUT2D eigenvalue weighted by molar-refractivity contribution is 7.98. The summed E-state index contributed by atoms with van der Waals surface area (Å²) in [6.07, 6.45) is 1.00. The number of nitrogens with one attached hydrogen (secondary N) is 1. The first-order valence-electron chi connectivity index (χ1n) is 8.29. The molecule has 0 aliphatic heterocycles. The zero-order chi connectivity index (χ0) is 17.2. The first-order valence-corrected chi connectivity index (χ1v) is 9.44. The molecule has 0 aromatic heterocycles. The Hall–Kier alpha value is -1.94. The van der Waals surface area contributed by atoms with Gasteiger partial charge < -0.3 is 10.1 Å². The Morgan fingerprint density at radius 2 is 1.71 bits per heavy atom. The zero-order valence-electron chi connectivity index (χ0n) is 14.4. The highest BCUT2D eigenvalue weighted by Crippen LogP contribution is 2.13. The van der Waals surface area contributed by atoms with Gasteiger partial charge in [0.15, 0.2) is 6.61 Å². The maximum Gasteiger partial charge on any atom is 0.257 e. The number of hydrogen-bond acceptors (Lipinski definition) is 3. The van der Waals surface area contributed by atoms with Gasteiger partial charge in [0.1, 0.15) is 5.75 Å². The van der Waals surface area contributed by atoms with Crippen molar-refractivity contribution in [3.05, 3.63) is 65.2 Å². The van der Waals surface area contributed by atoms with Gasteiger partial charge in [-0.25, -0.2) is 0 Å². The molecular formula is C20H25NO2S. The Balaban J connectivity index is 1.56. The maximum atomic E-state index is 11.8. The van der Waals surface area contributed by atoms with E-state index in [0.717, 1.165) is 23.7 Å². The standard InChI is InChI=1S/C20H25NO2S/c1-3-17-8-10-19(11-9-17)23-14-20(22)21-12-13-24-15-18-6-4-16(2)5-7-18/h4-11H,3,12-15H2,1-2H3,(H,21,22). The van der Waals surface area contributed by atoms with Gasteiger partial charge in [0, 0.05) is 18.1 Å². The second kappa shape index (κ2) is 10.0. The van der Waals surface area contributed by atoms with Gasteiger partial charge in [0.05, 0.1) is 0 Å². The van der Waals surface area contributed by atoms with Crippen molar-refractivity contribution in [3.8, 4) is 5.75 Å². The van der Waals surface area contributed by atoms with E-state index in [1.807, 2.05) is 36.0 Å². The van der Waals surface area contributed by atoms with Crippen LogP contribution in [-0.2, 0) is 17.0 Å². The molecule has 0 aliphatic rings. The molecule has 0 atom stereocenters. The van der Waals surface area contributed by atoms with Gasteiger partial charge in [0.2, 0.25) is 0 Å². The van der Waals surface area contributed by atoms with Crippen LogP contribution in [0.15, 0.2) is 48.5 Å². The second-order valence-electron chi connectivity index (χ2n) is 5.67. The lowest BCUT2D eigenvalue weighted by atomic mass is 10.2. The van der Waals surface area contributed by atoms with Crippen LogP contribution in [0, 0.1) is 6.92 Å². The fourth-order valence-electron chi connectivity index (χ4n) is 2.16. The molecule has 2 rings (SSSR count). The van der Waals surface area contributed by atoms with Gasteiger partial charge in [-0.15, -0.1) is 0 Å². The molecule has 0 aliphatic carbocycles. The minimum absolute atomic E-state index is 0.0636. The molecule has 0 saturated heterocycles. The second-order valence-corrected chi connectivity index (χ2v) is 6.78. The number of benzene rings is 2. The summed E-state index contributed by atoms with van der Waals surface area (Å²) >= 11 is 1.82. The van der Waals surface area contributed by atoms with E-state index in [4.69, 9.17) is 4.74 Å². The largest absolute Gasteiger partial charge is 0.484 e. The van der Waals surface area contributed by atoms with Crippen LogP contribution < -0.4 is 10.1 Å². The molecule has 2 aromatic rings. The van der Waals surface area contributed by atoms with Gasteiger partial charge in [-0.1, -0.05) is 48.9 Å². The van der Waals surface area contributed by atoms with Gasteiger partial charge in [-0.05, 0) is 36.6 Å². The molecule has 0 saturated carbocycles. The van der Waals surface area contributed by atoms with Crippen LogP contribution in [0.3, 0.4) is 0 Å². The number of hydrogen-bond donors (Lipinski definition) is 1. The predicted molar refractivity (Wildman–Crippen MR) is 102 cm³/mol. The van der Waals surface area contributed by atoms with E-state index in [-0.39, 0.29) is 12.5 Å². The molecule has 0 fully saturated rings. The van der Waals surface area contributed by atoms with Gasteiger partial charge in [-0.2, -0.15) is 11.8 Å². The van der Waals surface area contributed by atoms with E-state index < -0.39 is 0 Å². The topological polar surface area (TPSA) is 38.3 Å². The van der Waals surface area contributed by atoms with E-state index in [1.54, 1.807) is 0 Å². The molecule has 0 unspecified atom stereocenters. The number of carbonyl (C=O) groups is 1. The summed E-state index contributed by atoms with van der Waals surface area (Å²) in [6.45, 7) is 4.93. The van der Waals surface area contributed by atoms with Crippen molar-refractivity contribution >= 4 is 17.7 Å². The fraction of sp³-hybridized carbons (Fsp3) is 0.350. The zero-order valence-corrected chi connectivity index (χ0v) is 15.2. The average Bonchev–Trinajstić information content (AvgIpc) is 2.61. The van der Waals surface area contributed by atoms with Crippen molar-refractivity contribution in [2.24, 2.45) is 0 Å². The van der Waals surface area contributed by atoms with Crippen molar-refractivity contribution in [1.29, 1.82) is 0 Å². The van der Waals surface area contributed by atoms with Gasteiger partial charge in [0.25, 0.3) is 5.91 Å². The van der Waals surface area contributed by atoms with Crippen molar-refractivity contribution in [2.45, 2.75) is 26.0 Å². The molecule has 1 N–H and O–H groups in total. The Morgan fingerprint density at radius 1 is 1.04 bits per heavy atom. The molecule has 4 heteroatoms. The summed E-state index contributed by atoms with van der Waals surface area (Å²) in [7, 11) is 0. The average molecular weight is 343 g/mol. The molecular weight excluding hydrogens is 318 g/mol. The fourth-order valence-corrected chi connectivity index (χ4v) is 2.98. The lowest BCUT2D eigenvalue weighted by Gasteiger charge is -2.08. The van der Waals surface area contributed by atoms with Crippen LogP contribution in [0.5, 0.6) is 5.75 Å². The first-order chi connectivity index (χ1) is 11.7. The Morgan fingerprint density at radius 3 is 2.38 bits per heavy atom. The number of thioether (sulfide) groups is 1. The highest BCUT2D eigenvalue weighted by Gasteiger charge is 2.02. The van der Waals surface area contributed by atoms with Gasteiger partial charge >= 0.3 is 0 Å². The van der Waals surface area contributed by atoms with E-state index in [0.29, 0.717) is 6.54 Å². The molecule has 1 amide bonds. The highest BCUT2D eigenvalue weighted by atomic mass is 32.2. The van der Waals surface area contributed by atoms with Crippen molar-refractivity contribution in [3.63, 3.8) is 0 Å². The molecule has 0 spiro atoms. The quantitative estimate of drug-likeness (QED) is 0.700. The smallest absolute Gasteiger partial charge is 0.257 e. The van der Waals surface area contributed by atoms with Crippen LogP contribution in [0.2, 0.25) is 0 Å². The third-order valence-electron chi connectivity index (χ3n) is 3.66. The van der Waals surface area contributed by atoms with Crippen molar-refractivity contribution in [2.75, 3.05) is 18.9 Å². The summed E-state index contributed by atoms with van der Waals surface area (Å²) in [4.78, 5) is 11.8. The van der Waals surface area contributed by atoms with Gasteiger partial charge in [-0.3, -0.25) is 4.79 Å². The molecule has 24 heavy (non-hydrogen) atoms. The number of ether oxygens (including phenoxy) is 1. The molecule has 2 aromatic carbocycles. The summed E-state index contributed by atoms with van der Waals surface area (Å²) in [5.41, 5.74) is 3.86. The number of aryl methyl sites for hydroxylation is 2. The first kappa shape index (κ1) is 18.4. The van der Waals surface area contributed by atoms with Crippen molar-refractivity contribution < 1.29 is 9.53 Å². The van der Waals surface area contributed by atoms with E-state index in [2.05, 4.69) is 43.4 Å². The lowest BCUT2D eigenvalue weighted by Crippen LogP contribution is -2.30. The van der Waals surface area contributed by atoms with E-state index >= 15 is 0 Å². The third-order valence-corrected chi connectivity index (χ3v) is 4.69. The van der Waals surface area contributed by atoms with E-state index in [1.165, 1.54) is 16.7 Å². The molecule has 0 radical (unpaired) electrons. The lowest BCUT2D eigenvalue weighted by molar-refractivity contribution is -0.122. The van der Waals surface area contributed by atoms with Crippen LogP contribution in [0.1, 0.15) is 23.6 Å². The van der Waals surface area contributed by atoms with Crippen molar-refractivity contribution in [1.82, 2.24) is 5.32 Å². The number of carbonyl (C=O) groups excluding carboxylic acids is 1. The molecule has 128 valence electrons. The minimum Gasteiger partial charge on any atom is -0.484 e. The minimum atomic E-state index is -0.0782. The summed E-state index contributed by atoms with van der Waals surface area (Å²) in [5.74, 6) is 2.52. The molecule has 3 nitrogen and oxygen atoms in total. The Kier molecular flexibility index (Phi) is 7.69. The number of rotatable bonds is 9. The SMILES string of the molecule is CCc1ccc(OCC(=O)NCCSCc2ccc(C)cc2)cc1. The van der Waals surface area contributed by atoms with Crippen LogP contribution in [0.4, 0.5) is 0 Å². The predicted octanol–water partition coefficient (Wildman–Crippen LogP) is 3.99. The van der Waals surface area contributed by atoms with E-state index in [9.17, 15) is 4.79 Å². The van der Waals surface area contributed by atoms with Crippen LogP contribution in [0.25, 0.3) is 0 Å². The van der Waals surface area contributed by atoms with Crippen LogP contribution in [-0.4, -0.2) is 24.8 Å². The summed E-state index contributed by atoms with van der Waals surface area (Å²) < 4.78 is 5.49. The summed E-state index contributed by atoms with van der Waals surface area (Å²) in [5, 5.41) is 2.89. The Bertz CT molecular complexity index is 623. The molecule has 0 bridgehead atoms. The number of amides is 1. The monoisotopic (exact) mass is 343 g/mol. The third kappa shape index (κ3) is 6.67. The maximum absolute atomic E-state index is 11.8. The summed E-state index contributed by atoms with van der Waals surface area (Å²) in [6, 6.07) is 16.4.